The van der Waals surface area contributed by atoms with E-state index in [9.17, 15) is 9.59 Å². The third-order valence-electron chi connectivity index (χ3n) is 1.27. The van der Waals surface area contributed by atoms with Crippen molar-refractivity contribution in [1.82, 2.24) is 0 Å². The van der Waals surface area contributed by atoms with E-state index in [0.717, 1.165) is 0 Å². The molecular formula is C7H14O5P2. The zero-order valence-corrected chi connectivity index (χ0v) is 9.95. The summed E-state index contributed by atoms with van der Waals surface area (Å²) in [5.41, 5.74) is 0. The second-order valence-electron chi connectivity index (χ2n) is 2.39. The van der Waals surface area contributed by atoms with Gasteiger partial charge in [0.15, 0.2) is 6.10 Å². The molecule has 0 saturated carbocycles. The standard InChI is InChI=1S/C7H14O5P2/c8-1-5(12-7(10)4-14)2-11-6(9)3-13/h5,8H,1-4,13-14H2. The molecule has 0 heterocycles. The Morgan fingerprint density at radius 3 is 2.21 bits per heavy atom. The van der Waals surface area contributed by atoms with Gasteiger partial charge in [0, 0.05) is 0 Å². The highest BCUT2D eigenvalue weighted by molar-refractivity contribution is 7.18. The maximum atomic E-state index is 10.8. The number of aliphatic hydroxyl groups is 1. The van der Waals surface area contributed by atoms with Gasteiger partial charge in [-0.05, 0) is 0 Å². The molecule has 7 heteroatoms. The van der Waals surface area contributed by atoms with Crippen LogP contribution < -0.4 is 0 Å². The lowest BCUT2D eigenvalue weighted by atomic mass is 10.4. The summed E-state index contributed by atoms with van der Waals surface area (Å²) < 4.78 is 9.44. The maximum absolute atomic E-state index is 10.8. The Labute approximate surface area is 86.9 Å². The van der Waals surface area contributed by atoms with E-state index in [4.69, 9.17) is 9.84 Å². The summed E-state index contributed by atoms with van der Waals surface area (Å²) in [6.45, 7) is -0.472. The highest BCUT2D eigenvalue weighted by Crippen LogP contribution is 1.97. The minimum atomic E-state index is -0.774. The minimum absolute atomic E-state index is 0.111. The molecule has 0 fully saturated rings. The Morgan fingerprint density at radius 2 is 1.79 bits per heavy atom. The van der Waals surface area contributed by atoms with Gasteiger partial charge in [-0.2, -0.15) is 0 Å². The van der Waals surface area contributed by atoms with Crippen LogP contribution in [0.25, 0.3) is 0 Å². The number of ether oxygens (including phenoxy) is 2. The Hall–Kier alpha value is -0.240. The number of hydrogen-bond acceptors (Lipinski definition) is 5. The van der Waals surface area contributed by atoms with Crippen LogP contribution in [0, 0.1) is 0 Å². The van der Waals surface area contributed by atoms with Gasteiger partial charge in [-0.3, -0.25) is 9.59 Å². The van der Waals surface area contributed by atoms with Crippen LogP contribution in [0.4, 0.5) is 0 Å². The summed E-state index contributed by atoms with van der Waals surface area (Å²) in [6, 6.07) is 0. The Bertz CT molecular complexity index is 197. The summed E-state index contributed by atoms with van der Waals surface area (Å²) in [7, 11) is 4.41. The third-order valence-corrected chi connectivity index (χ3v) is 1.93. The van der Waals surface area contributed by atoms with Crippen LogP contribution in [0.3, 0.4) is 0 Å². The second kappa shape index (κ2) is 8.10. The molecule has 0 aromatic carbocycles. The molecule has 0 aromatic heterocycles. The number of carbonyl (C=O) groups is 2. The predicted molar refractivity (Wildman–Crippen MR) is 57.1 cm³/mol. The lowest BCUT2D eigenvalue weighted by Gasteiger charge is -2.14. The highest BCUT2D eigenvalue weighted by Gasteiger charge is 2.14. The summed E-state index contributed by atoms with van der Waals surface area (Å²) in [4.78, 5) is 21.5. The van der Waals surface area contributed by atoms with Gasteiger partial charge in [0.2, 0.25) is 0 Å². The molecule has 0 aromatic rings. The number of hydrogen-bond donors (Lipinski definition) is 1. The van der Waals surface area contributed by atoms with E-state index >= 15 is 0 Å². The van der Waals surface area contributed by atoms with E-state index in [0.29, 0.717) is 0 Å². The van der Waals surface area contributed by atoms with Crippen molar-refractivity contribution < 1.29 is 24.2 Å². The fourth-order valence-electron chi connectivity index (χ4n) is 0.603. The van der Waals surface area contributed by atoms with Crippen molar-refractivity contribution in [2.24, 2.45) is 0 Å². The lowest BCUT2D eigenvalue weighted by molar-refractivity contribution is -0.157. The summed E-state index contributed by atoms with van der Waals surface area (Å²) in [5, 5.41) is 8.78. The minimum Gasteiger partial charge on any atom is -0.461 e. The molecule has 0 rings (SSSR count). The second-order valence-corrected chi connectivity index (χ2v) is 3.20. The first kappa shape index (κ1) is 13.8. The highest BCUT2D eigenvalue weighted by atomic mass is 31.0. The van der Waals surface area contributed by atoms with Crippen LogP contribution in [0.15, 0.2) is 0 Å². The van der Waals surface area contributed by atoms with Gasteiger partial charge in [0.25, 0.3) is 0 Å². The molecule has 3 atom stereocenters. The molecule has 1 N–H and O–H groups in total. The van der Waals surface area contributed by atoms with Crippen molar-refractivity contribution in [2.75, 3.05) is 25.5 Å². The van der Waals surface area contributed by atoms with E-state index in [1.807, 2.05) is 0 Å². The first-order valence-electron chi connectivity index (χ1n) is 4.00. The SMILES string of the molecule is O=C(CP)OCC(CO)OC(=O)CP. The van der Waals surface area contributed by atoms with Crippen LogP contribution in [-0.4, -0.2) is 48.7 Å². The van der Waals surface area contributed by atoms with Gasteiger partial charge < -0.3 is 14.6 Å². The quantitative estimate of drug-likeness (QED) is 0.485. The number of carbonyl (C=O) groups excluding carboxylic acids is 2. The molecule has 3 unspecified atom stereocenters. The summed E-state index contributed by atoms with van der Waals surface area (Å²) >= 11 is 0. The first-order valence-corrected chi connectivity index (χ1v) is 5.63. The fraction of sp³-hybridized carbons (Fsp3) is 0.714. The average molecular weight is 240 g/mol. The Morgan fingerprint density at radius 1 is 1.21 bits per heavy atom. The van der Waals surface area contributed by atoms with Gasteiger partial charge in [0.05, 0.1) is 18.9 Å². The van der Waals surface area contributed by atoms with Crippen LogP contribution in [0.5, 0.6) is 0 Å². The lowest BCUT2D eigenvalue weighted by Crippen LogP contribution is -2.29. The molecule has 0 aliphatic rings. The van der Waals surface area contributed by atoms with Crippen LogP contribution in [-0.2, 0) is 19.1 Å². The largest absolute Gasteiger partial charge is 0.461 e. The molecule has 82 valence electrons. The predicted octanol–water partition coefficient (Wildman–Crippen LogP) is -0.816. The number of esters is 2. The van der Waals surface area contributed by atoms with Crippen molar-refractivity contribution in [2.45, 2.75) is 6.10 Å². The maximum Gasteiger partial charge on any atom is 0.310 e. The van der Waals surface area contributed by atoms with E-state index in [2.05, 4.69) is 23.2 Å². The molecule has 0 amide bonds. The van der Waals surface area contributed by atoms with Gasteiger partial charge in [-0.1, -0.05) is 0 Å². The van der Waals surface area contributed by atoms with E-state index in [-0.39, 0.29) is 25.5 Å². The summed E-state index contributed by atoms with van der Waals surface area (Å²) in [6.07, 6.45) is -0.451. The average Bonchev–Trinajstić information content (AvgIpc) is 2.22. The van der Waals surface area contributed by atoms with Crippen molar-refractivity contribution in [3.8, 4) is 0 Å². The molecule has 0 bridgehead atoms. The van der Waals surface area contributed by atoms with Crippen molar-refractivity contribution in [3.63, 3.8) is 0 Å². The van der Waals surface area contributed by atoms with Crippen molar-refractivity contribution in [1.29, 1.82) is 0 Å². The molecule has 0 aliphatic carbocycles. The van der Waals surface area contributed by atoms with E-state index < -0.39 is 18.0 Å². The zero-order valence-electron chi connectivity index (χ0n) is 7.64. The van der Waals surface area contributed by atoms with E-state index in [1.165, 1.54) is 0 Å². The van der Waals surface area contributed by atoms with Crippen molar-refractivity contribution in [3.05, 3.63) is 0 Å². The summed E-state index contributed by atoms with van der Waals surface area (Å²) in [5.74, 6) is -0.883. The van der Waals surface area contributed by atoms with Gasteiger partial charge in [0.1, 0.15) is 6.61 Å². The Balaban J connectivity index is 3.79. The fourth-order valence-corrected chi connectivity index (χ4v) is 0.817. The van der Waals surface area contributed by atoms with Crippen LogP contribution in [0.1, 0.15) is 0 Å². The third kappa shape index (κ3) is 6.25. The Kier molecular flexibility index (Phi) is 7.96. The molecule has 0 saturated heterocycles. The molecule has 0 spiro atoms. The first-order chi connectivity index (χ1) is 6.63. The topological polar surface area (TPSA) is 72.8 Å². The van der Waals surface area contributed by atoms with Crippen LogP contribution in [0.2, 0.25) is 0 Å². The molecule has 0 aliphatic heterocycles. The number of aliphatic hydroxyl groups excluding tert-OH is 1. The molecular weight excluding hydrogens is 226 g/mol. The van der Waals surface area contributed by atoms with E-state index in [1.54, 1.807) is 0 Å². The molecule has 14 heavy (non-hydrogen) atoms. The van der Waals surface area contributed by atoms with Gasteiger partial charge in [-0.25, -0.2) is 0 Å². The number of rotatable bonds is 6. The monoisotopic (exact) mass is 240 g/mol. The van der Waals surface area contributed by atoms with Crippen LogP contribution >= 0.6 is 18.5 Å². The molecule has 5 nitrogen and oxygen atoms in total. The van der Waals surface area contributed by atoms with Crippen molar-refractivity contribution >= 4 is 30.4 Å². The molecule has 0 radical (unpaired) electrons. The smallest absolute Gasteiger partial charge is 0.310 e. The van der Waals surface area contributed by atoms with Gasteiger partial charge in [-0.15, -0.1) is 18.5 Å². The van der Waals surface area contributed by atoms with Gasteiger partial charge >= 0.3 is 11.9 Å². The zero-order chi connectivity index (χ0) is 11.0. The normalized spacial score (nSPS) is 11.9.